The van der Waals surface area contributed by atoms with Crippen molar-refractivity contribution in [3.63, 3.8) is 0 Å². The molecule has 0 aliphatic heterocycles. The molecule has 0 saturated heterocycles. The Kier molecular flexibility index (Phi) is 3.08. The first-order valence-corrected chi connectivity index (χ1v) is 5.58. The van der Waals surface area contributed by atoms with Gasteiger partial charge in [0.2, 0.25) is 0 Å². The van der Waals surface area contributed by atoms with Crippen molar-refractivity contribution in [1.82, 2.24) is 0 Å². The van der Waals surface area contributed by atoms with Gasteiger partial charge in [-0.05, 0) is 36.6 Å². The van der Waals surface area contributed by atoms with E-state index in [9.17, 15) is 26.3 Å². The van der Waals surface area contributed by atoms with Crippen LogP contribution in [0.2, 0.25) is 0 Å². The van der Waals surface area contributed by atoms with Crippen LogP contribution < -0.4 is 5.73 Å². The second-order valence-corrected chi connectivity index (χ2v) is 4.78. The monoisotopic (exact) mass is 283 g/mol. The minimum atomic E-state index is -4.80. The van der Waals surface area contributed by atoms with E-state index in [0.717, 1.165) is 12.1 Å². The van der Waals surface area contributed by atoms with Gasteiger partial charge in [0, 0.05) is 12.0 Å². The van der Waals surface area contributed by atoms with Crippen LogP contribution >= 0.6 is 0 Å². The number of alkyl halides is 6. The van der Waals surface area contributed by atoms with Gasteiger partial charge in [-0.15, -0.1) is 0 Å². The fraction of sp³-hybridized carbons (Fsp3) is 0.500. The van der Waals surface area contributed by atoms with Crippen molar-refractivity contribution in [1.29, 1.82) is 0 Å². The average molecular weight is 283 g/mol. The minimum Gasteiger partial charge on any atom is -0.330 e. The lowest BCUT2D eigenvalue weighted by atomic mass is 9.92. The molecule has 1 aliphatic rings. The van der Waals surface area contributed by atoms with Crippen LogP contribution in [-0.2, 0) is 17.8 Å². The maximum Gasteiger partial charge on any atom is 0.416 e. The maximum atomic E-state index is 12.6. The Bertz CT molecular complexity index is 452. The molecule has 0 atom stereocenters. The summed E-state index contributed by atoms with van der Waals surface area (Å²) in [6, 6.07) is 1.68. The SMILES string of the molecule is NCC1(c2cc(C(F)(F)F)cc(C(F)(F)F)c2)CC1. The summed E-state index contributed by atoms with van der Waals surface area (Å²) in [5, 5.41) is 0. The zero-order valence-corrected chi connectivity index (χ0v) is 9.70. The number of halogens is 6. The zero-order chi connectivity index (χ0) is 14.5. The van der Waals surface area contributed by atoms with E-state index < -0.39 is 28.9 Å². The van der Waals surface area contributed by atoms with Crippen LogP contribution in [0.15, 0.2) is 18.2 Å². The standard InChI is InChI=1S/C12H11F6N/c13-11(14,15)8-3-7(10(6-19)1-2-10)4-9(5-8)12(16,17)18/h3-5H,1-2,6,19H2. The largest absolute Gasteiger partial charge is 0.416 e. The Balaban J connectivity index is 2.56. The molecule has 7 heteroatoms. The Labute approximate surface area is 105 Å². The Hall–Kier alpha value is -1.24. The van der Waals surface area contributed by atoms with E-state index in [1.54, 1.807) is 0 Å². The average Bonchev–Trinajstić information content (AvgIpc) is 3.07. The fourth-order valence-electron chi connectivity index (χ4n) is 2.02. The van der Waals surface area contributed by atoms with Crippen molar-refractivity contribution in [2.45, 2.75) is 30.6 Å². The van der Waals surface area contributed by atoms with Gasteiger partial charge in [0.15, 0.2) is 0 Å². The molecule has 1 aliphatic carbocycles. The molecule has 0 heterocycles. The molecule has 0 amide bonds. The highest BCUT2D eigenvalue weighted by Crippen LogP contribution is 2.49. The van der Waals surface area contributed by atoms with E-state index in [1.165, 1.54) is 0 Å². The van der Waals surface area contributed by atoms with Gasteiger partial charge in [-0.2, -0.15) is 26.3 Å². The number of benzene rings is 1. The van der Waals surface area contributed by atoms with E-state index in [1.807, 2.05) is 0 Å². The fourth-order valence-corrected chi connectivity index (χ4v) is 2.02. The zero-order valence-electron chi connectivity index (χ0n) is 9.70. The van der Waals surface area contributed by atoms with Gasteiger partial charge in [-0.25, -0.2) is 0 Å². The van der Waals surface area contributed by atoms with E-state index in [4.69, 9.17) is 5.73 Å². The molecule has 2 rings (SSSR count). The topological polar surface area (TPSA) is 26.0 Å². The summed E-state index contributed by atoms with van der Waals surface area (Å²) in [5.74, 6) is 0. The first-order valence-electron chi connectivity index (χ1n) is 5.58. The van der Waals surface area contributed by atoms with Crippen LogP contribution in [0.1, 0.15) is 29.5 Å². The highest BCUT2D eigenvalue weighted by molar-refractivity contribution is 5.40. The Morgan fingerprint density at radius 1 is 0.895 bits per heavy atom. The Morgan fingerprint density at radius 3 is 1.58 bits per heavy atom. The molecule has 1 aromatic rings. The molecule has 2 N–H and O–H groups in total. The van der Waals surface area contributed by atoms with Crippen molar-refractivity contribution >= 4 is 0 Å². The highest BCUT2D eigenvalue weighted by Gasteiger charge is 2.46. The second-order valence-electron chi connectivity index (χ2n) is 4.78. The van der Waals surface area contributed by atoms with Gasteiger partial charge in [0.25, 0.3) is 0 Å². The van der Waals surface area contributed by atoms with Crippen LogP contribution in [-0.4, -0.2) is 6.54 Å². The van der Waals surface area contributed by atoms with Crippen molar-refractivity contribution in [3.8, 4) is 0 Å². The van der Waals surface area contributed by atoms with Crippen molar-refractivity contribution in [3.05, 3.63) is 34.9 Å². The van der Waals surface area contributed by atoms with Gasteiger partial charge >= 0.3 is 12.4 Å². The Morgan fingerprint density at radius 2 is 1.32 bits per heavy atom. The number of nitrogens with two attached hydrogens (primary N) is 1. The van der Waals surface area contributed by atoms with E-state index in [-0.39, 0.29) is 18.2 Å². The molecule has 1 nitrogen and oxygen atoms in total. The number of hydrogen-bond donors (Lipinski definition) is 1. The molecule has 0 spiro atoms. The number of rotatable bonds is 2. The maximum absolute atomic E-state index is 12.6. The molecule has 19 heavy (non-hydrogen) atoms. The van der Waals surface area contributed by atoms with Gasteiger partial charge in [-0.3, -0.25) is 0 Å². The summed E-state index contributed by atoms with van der Waals surface area (Å²) in [4.78, 5) is 0. The van der Waals surface area contributed by atoms with Crippen LogP contribution in [0.25, 0.3) is 0 Å². The molecule has 0 bridgehead atoms. The lowest BCUT2D eigenvalue weighted by Crippen LogP contribution is -2.22. The smallest absolute Gasteiger partial charge is 0.330 e. The first kappa shape index (κ1) is 14.2. The van der Waals surface area contributed by atoms with E-state index in [2.05, 4.69) is 0 Å². The molecule has 0 radical (unpaired) electrons. The van der Waals surface area contributed by atoms with Crippen LogP contribution in [0.3, 0.4) is 0 Å². The van der Waals surface area contributed by atoms with Crippen LogP contribution in [0.4, 0.5) is 26.3 Å². The molecular weight excluding hydrogens is 272 g/mol. The van der Waals surface area contributed by atoms with Crippen molar-refractivity contribution in [2.24, 2.45) is 5.73 Å². The third kappa shape index (κ3) is 2.70. The van der Waals surface area contributed by atoms with Gasteiger partial charge in [0.1, 0.15) is 0 Å². The second kappa shape index (κ2) is 4.13. The van der Waals surface area contributed by atoms with Gasteiger partial charge < -0.3 is 5.73 Å². The van der Waals surface area contributed by atoms with Gasteiger partial charge in [-0.1, -0.05) is 0 Å². The number of hydrogen-bond acceptors (Lipinski definition) is 1. The molecule has 106 valence electrons. The summed E-state index contributed by atoms with van der Waals surface area (Å²) in [6.45, 7) is 0.0472. The minimum absolute atomic E-state index is 0.0251. The van der Waals surface area contributed by atoms with Crippen LogP contribution in [0, 0.1) is 0 Å². The summed E-state index contributed by atoms with van der Waals surface area (Å²) in [5.41, 5.74) is 2.20. The first-order chi connectivity index (χ1) is 8.58. The van der Waals surface area contributed by atoms with Crippen LogP contribution in [0.5, 0.6) is 0 Å². The van der Waals surface area contributed by atoms with Gasteiger partial charge in [0.05, 0.1) is 11.1 Å². The molecule has 0 unspecified atom stereocenters. The summed E-state index contributed by atoms with van der Waals surface area (Å²) in [7, 11) is 0. The van der Waals surface area contributed by atoms with E-state index >= 15 is 0 Å². The highest BCUT2D eigenvalue weighted by atomic mass is 19.4. The van der Waals surface area contributed by atoms with E-state index in [0.29, 0.717) is 12.8 Å². The molecule has 1 fully saturated rings. The molecule has 1 saturated carbocycles. The third-order valence-electron chi connectivity index (χ3n) is 3.44. The molecule has 1 aromatic carbocycles. The normalized spacial score (nSPS) is 18.5. The molecule has 0 aromatic heterocycles. The summed E-state index contributed by atoms with van der Waals surface area (Å²) < 4.78 is 75.9. The predicted octanol–water partition coefficient (Wildman–Crippen LogP) is 3.71. The van der Waals surface area contributed by atoms with Crippen molar-refractivity contribution in [2.75, 3.05) is 6.54 Å². The lowest BCUT2D eigenvalue weighted by Gasteiger charge is -2.18. The lowest BCUT2D eigenvalue weighted by molar-refractivity contribution is -0.143. The molecular formula is C12H11F6N. The summed E-state index contributed by atoms with van der Waals surface area (Å²) in [6.07, 6.45) is -8.58. The quantitative estimate of drug-likeness (QED) is 0.823. The third-order valence-corrected chi connectivity index (χ3v) is 3.44. The van der Waals surface area contributed by atoms with Crippen molar-refractivity contribution < 1.29 is 26.3 Å². The predicted molar refractivity (Wildman–Crippen MR) is 56.4 cm³/mol. The summed E-state index contributed by atoms with van der Waals surface area (Å²) >= 11 is 0.